The number of imide groups is 1. The molecule has 3 nitrogen and oxygen atoms in total. The van der Waals surface area contributed by atoms with Crippen LogP contribution in [0.1, 0.15) is 13.3 Å². The van der Waals surface area contributed by atoms with Gasteiger partial charge in [-0.05, 0) is 6.92 Å². The number of carbonyl (C=O) groups is 2. The Morgan fingerprint density at radius 3 is 2.12 bits per heavy atom. The van der Waals surface area contributed by atoms with E-state index in [4.69, 9.17) is 0 Å². The molecule has 0 spiro atoms. The fraction of sp³-hybridized carbons (Fsp3) is 0.600. The second-order valence-corrected chi connectivity index (χ2v) is 1.71. The molecule has 0 aromatic rings. The first kappa shape index (κ1) is 5.28. The van der Waals surface area contributed by atoms with Crippen LogP contribution in [0, 0.1) is 0 Å². The van der Waals surface area contributed by atoms with E-state index in [1.165, 1.54) is 4.90 Å². The Morgan fingerprint density at radius 1 is 1.50 bits per heavy atom. The quantitative estimate of drug-likeness (QED) is 0.348. The van der Waals surface area contributed by atoms with Gasteiger partial charge in [-0.2, -0.15) is 0 Å². The van der Waals surface area contributed by atoms with Gasteiger partial charge in [0, 0.05) is 6.54 Å². The molecule has 0 unspecified atom stereocenters. The van der Waals surface area contributed by atoms with Crippen molar-refractivity contribution in [1.29, 1.82) is 0 Å². The maximum atomic E-state index is 10.4. The summed E-state index contributed by atoms with van der Waals surface area (Å²) in [5, 5.41) is 0. The minimum Gasteiger partial charge on any atom is -0.282 e. The molecule has 8 heavy (non-hydrogen) atoms. The smallest absolute Gasteiger partial charge is 0.238 e. The summed E-state index contributed by atoms with van der Waals surface area (Å²) in [7, 11) is 0. The van der Waals surface area contributed by atoms with Gasteiger partial charge in [-0.25, -0.2) is 0 Å². The molecule has 1 aliphatic heterocycles. The Kier molecular flexibility index (Phi) is 1.04. The van der Waals surface area contributed by atoms with Crippen molar-refractivity contribution in [3.8, 4) is 0 Å². The SMILES string of the molecule is CCN1C(=O)CC1=O. The van der Waals surface area contributed by atoms with Crippen molar-refractivity contribution in [2.75, 3.05) is 6.54 Å². The maximum Gasteiger partial charge on any atom is 0.238 e. The van der Waals surface area contributed by atoms with E-state index in [2.05, 4.69) is 0 Å². The van der Waals surface area contributed by atoms with Crippen LogP contribution < -0.4 is 0 Å². The third kappa shape index (κ3) is 0.510. The average Bonchev–Trinajstić information content (AvgIpc) is 1.67. The average molecular weight is 113 g/mol. The van der Waals surface area contributed by atoms with Crippen molar-refractivity contribution < 1.29 is 9.59 Å². The van der Waals surface area contributed by atoms with Crippen molar-refractivity contribution in [2.24, 2.45) is 0 Å². The summed E-state index contributed by atoms with van der Waals surface area (Å²) < 4.78 is 0. The van der Waals surface area contributed by atoms with Crippen molar-refractivity contribution in [3.05, 3.63) is 0 Å². The first-order chi connectivity index (χ1) is 3.75. The second-order valence-electron chi connectivity index (χ2n) is 1.71. The monoisotopic (exact) mass is 113 g/mol. The van der Waals surface area contributed by atoms with Crippen molar-refractivity contribution in [1.82, 2.24) is 4.90 Å². The fourth-order valence-corrected chi connectivity index (χ4v) is 0.721. The van der Waals surface area contributed by atoms with Crippen LogP contribution in [0.2, 0.25) is 0 Å². The van der Waals surface area contributed by atoms with E-state index in [1.54, 1.807) is 6.92 Å². The van der Waals surface area contributed by atoms with Crippen molar-refractivity contribution >= 4 is 11.8 Å². The molecule has 0 saturated carbocycles. The zero-order valence-corrected chi connectivity index (χ0v) is 4.68. The number of nitrogens with zero attached hydrogens (tertiary/aromatic N) is 1. The third-order valence-electron chi connectivity index (χ3n) is 1.22. The van der Waals surface area contributed by atoms with E-state index < -0.39 is 0 Å². The Balaban J connectivity index is 2.52. The minimum atomic E-state index is -0.0440. The van der Waals surface area contributed by atoms with Crippen LogP contribution in [0.3, 0.4) is 0 Å². The number of likely N-dealkylation sites (tertiary alicyclic amines) is 1. The van der Waals surface area contributed by atoms with Crippen LogP contribution in [-0.4, -0.2) is 23.3 Å². The lowest BCUT2D eigenvalue weighted by Gasteiger charge is -2.26. The lowest BCUT2D eigenvalue weighted by atomic mass is 10.2. The molecule has 1 saturated heterocycles. The van der Waals surface area contributed by atoms with Gasteiger partial charge in [0.15, 0.2) is 0 Å². The van der Waals surface area contributed by atoms with E-state index >= 15 is 0 Å². The number of rotatable bonds is 1. The normalized spacial score (nSPS) is 18.9. The van der Waals surface area contributed by atoms with Crippen LogP contribution in [-0.2, 0) is 9.59 Å². The number of β-lactam (4-membered cyclic amide) rings is 2. The van der Waals surface area contributed by atoms with E-state index in [0.717, 1.165) is 0 Å². The Hall–Kier alpha value is -0.860. The Labute approximate surface area is 47.3 Å². The molecule has 44 valence electrons. The maximum absolute atomic E-state index is 10.4. The molecule has 3 heteroatoms. The van der Waals surface area contributed by atoms with E-state index in [9.17, 15) is 9.59 Å². The van der Waals surface area contributed by atoms with Crippen LogP contribution >= 0.6 is 0 Å². The lowest BCUT2D eigenvalue weighted by Crippen LogP contribution is -2.48. The molecule has 0 aromatic heterocycles. The molecule has 1 aliphatic rings. The highest BCUT2D eigenvalue weighted by Gasteiger charge is 2.31. The van der Waals surface area contributed by atoms with Gasteiger partial charge in [-0.1, -0.05) is 0 Å². The summed E-state index contributed by atoms with van der Waals surface area (Å²) in [5.74, 6) is -0.0880. The van der Waals surface area contributed by atoms with Gasteiger partial charge >= 0.3 is 0 Å². The molecule has 0 aliphatic carbocycles. The van der Waals surface area contributed by atoms with Gasteiger partial charge in [0.1, 0.15) is 6.42 Å². The third-order valence-corrected chi connectivity index (χ3v) is 1.22. The summed E-state index contributed by atoms with van der Waals surface area (Å²) in [5.41, 5.74) is 0. The summed E-state index contributed by atoms with van der Waals surface area (Å²) >= 11 is 0. The molecule has 0 radical (unpaired) electrons. The highest BCUT2D eigenvalue weighted by Crippen LogP contribution is 2.08. The predicted octanol–water partition coefficient (Wildman–Crippen LogP) is -0.235. The number of amides is 2. The molecule has 0 atom stereocenters. The first-order valence-electron chi connectivity index (χ1n) is 2.59. The molecule has 0 bridgehead atoms. The van der Waals surface area contributed by atoms with Crippen molar-refractivity contribution in [2.45, 2.75) is 13.3 Å². The summed E-state index contributed by atoms with van der Waals surface area (Å²) in [6.45, 7) is 2.31. The van der Waals surface area contributed by atoms with E-state index in [0.29, 0.717) is 6.54 Å². The van der Waals surface area contributed by atoms with Crippen LogP contribution in [0.5, 0.6) is 0 Å². The van der Waals surface area contributed by atoms with E-state index in [1.807, 2.05) is 0 Å². The van der Waals surface area contributed by atoms with Crippen LogP contribution in [0.25, 0.3) is 0 Å². The molecule has 1 rings (SSSR count). The lowest BCUT2D eigenvalue weighted by molar-refractivity contribution is -0.157. The van der Waals surface area contributed by atoms with E-state index in [-0.39, 0.29) is 18.2 Å². The molecule has 0 aromatic carbocycles. The van der Waals surface area contributed by atoms with Crippen molar-refractivity contribution in [3.63, 3.8) is 0 Å². The Bertz CT molecular complexity index is 127. The van der Waals surface area contributed by atoms with Gasteiger partial charge in [0.2, 0.25) is 11.8 Å². The molecule has 2 amide bonds. The standard InChI is InChI=1S/C5H7NO2/c1-2-6-4(7)3-5(6)8/h2-3H2,1H3. The fourth-order valence-electron chi connectivity index (χ4n) is 0.721. The minimum absolute atomic E-state index is 0.0440. The zero-order chi connectivity index (χ0) is 6.15. The zero-order valence-electron chi connectivity index (χ0n) is 4.68. The predicted molar refractivity (Wildman–Crippen MR) is 27.0 cm³/mol. The summed E-state index contributed by atoms with van der Waals surface area (Å²) in [4.78, 5) is 22.0. The number of hydrogen-bond donors (Lipinski definition) is 0. The summed E-state index contributed by atoms with van der Waals surface area (Å²) in [6, 6.07) is 0. The number of carbonyl (C=O) groups excluding carboxylic acids is 2. The molecule has 1 heterocycles. The topological polar surface area (TPSA) is 37.4 Å². The summed E-state index contributed by atoms with van der Waals surface area (Å²) in [6.07, 6.45) is 0.119. The van der Waals surface area contributed by atoms with Gasteiger partial charge in [-0.15, -0.1) is 0 Å². The highest BCUT2D eigenvalue weighted by molar-refractivity contribution is 6.14. The molecular formula is C5H7NO2. The van der Waals surface area contributed by atoms with Crippen LogP contribution in [0.15, 0.2) is 0 Å². The first-order valence-corrected chi connectivity index (χ1v) is 2.59. The molecule has 0 N–H and O–H groups in total. The van der Waals surface area contributed by atoms with Gasteiger partial charge in [-0.3, -0.25) is 14.5 Å². The number of hydrogen-bond acceptors (Lipinski definition) is 2. The van der Waals surface area contributed by atoms with Gasteiger partial charge < -0.3 is 0 Å². The second kappa shape index (κ2) is 1.58. The molecule has 1 fully saturated rings. The van der Waals surface area contributed by atoms with Gasteiger partial charge in [0.05, 0.1) is 0 Å². The largest absolute Gasteiger partial charge is 0.282 e. The molecular weight excluding hydrogens is 106 g/mol. The van der Waals surface area contributed by atoms with Crippen LogP contribution in [0.4, 0.5) is 0 Å². The highest BCUT2D eigenvalue weighted by atomic mass is 16.2. The Morgan fingerprint density at radius 2 is 2.00 bits per heavy atom. The van der Waals surface area contributed by atoms with Gasteiger partial charge in [0.25, 0.3) is 0 Å².